The third kappa shape index (κ3) is 5.27. The monoisotopic (exact) mass is 526 g/mol. The highest BCUT2D eigenvalue weighted by molar-refractivity contribution is 7.90. The number of hydrogen-bond acceptors (Lipinski definition) is 5. The number of sulfone groups is 1. The Morgan fingerprint density at radius 1 is 0.946 bits per heavy atom. The van der Waals surface area contributed by atoms with Crippen molar-refractivity contribution in [1.29, 1.82) is 0 Å². The molecular formula is C28H31FN2O5S. The summed E-state index contributed by atoms with van der Waals surface area (Å²) in [6, 6.07) is 15.9. The largest absolute Gasteiger partial charge is 0.493 e. The highest BCUT2D eigenvalue weighted by Crippen LogP contribution is 2.34. The molecule has 1 aromatic heterocycles. The van der Waals surface area contributed by atoms with Gasteiger partial charge in [0, 0.05) is 17.9 Å². The Balaban J connectivity index is 2.00. The molecule has 1 atom stereocenters. The van der Waals surface area contributed by atoms with Crippen molar-refractivity contribution in [3.63, 3.8) is 0 Å². The minimum Gasteiger partial charge on any atom is -0.493 e. The Hall–Kier alpha value is -3.59. The van der Waals surface area contributed by atoms with Crippen molar-refractivity contribution in [3.05, 3.63) is 82.5 Å². The first kappa shape index (κ1) is 26.5. The van der Waals surface area contributed by atoms with E-state index in [-0.39, 0.29) is 23.3 Å². The molecule has 1 unspecified atom stereocenters. The van der Waals surface area contributed by atoms with Crippen LogP contribution in [0.15, 0.2) is 65.5 Å². The third-order valence-electron chi connectivity index (χ3n) is 6.25. The van der Waals surface area contributed by atoms with Crippen LogP contribution in [0.1, 0.15) is 38.4 Å². The highest BCUT2D eigenvalue weighted by Gasteiger charge is 2.27. The fourth-order valence-electron chi connectivity index (χ4n) is 4.68. The van der Waals surface area contributed by atoms with Crippen LogP contribution in [0.4, 0.5) is 4.39 Å². The van der Waals surface area contributed by atoms with Crippen LogP contribution in [0.3, 0.4) is 0 Å². The van der Waals surface area contributed by atoms with Crippen molar-refractivity contribution in [2.45, 2.75) is 32.9 Å². The zero-order valence-corrected chi connectivity index (χ0v) is 22.4. The molecule has 0 saturated carbocycles. The average molecular weight is 527 g/mol. The van der Waals surface area contributed by atoms with E-state index in [2.05, 4.69) is 0 Å². The molecule has 0 aliphatic carbocycles. The van der Waals surface area contributed by atoms with Crippen molar-refractivity contribution < 1.29 is 22.3 Å². The highest BCUT2D eigenvalue weighted by atomic mass is 32.2. The fraction of sp³-hybridized carbons (Fsp3) is 0.321. The Labute approximate surface area is 216 Å². The Morgan fingerprint density at radius 3 is 2.30 bits per heavy atom. The minimum atomic E-state index is -3.50. The van der Waals surface area contributed by atoms with Gasteiger partial charge in [0.2, 0.25) is 0 Å². The number of methoxy groups -OCH3 is 1. The molecule has 0 saturated heterocycles. The van der Waals surface area contributed by atoms with Gasteiger partial charge in [0.15, 0.2) is 11.5 Å². The first-order chi connectivity index (χ1) is 17.6. The molecule has 4 rings (SSSR count). The predicted octanol–water partition coefficient (Wildman–Crippen LogP) is 5.23. The summed E-state index contributed by atoms with van der Waals surface area (Å²) in [5.74, 6) is 0.312. The summed E-state index contributed by atoms with van der Waals surface area (Å²) in [6.07, 6.45) is 1.15. The molecule has 0 aliphatic heterocycles. The fourth-order valence-corrected chi connectivity index (χ4v) is 5.60. The maximum atomic E-state index is 14.6. The number of benzene rings is 3. The maximum absolute atomic E-state index is 14.6. The van der Waals surface area contributed by atoms with E-state index in [9.17, 15) is 17.6 Å². The summed E-state index contributed by atoms with van der Waals surface area (Å²) in [4.78, 5) is 13.9. The molecule has 0 spiro atoms. The van der Waals surface area contributed by atoms with Crippen molar-refractivity contribution in [2.75, 3.05) is 25.7 Å². The van der Waals surface area contributed by atoms with Crippen LogP contribution in [0.2, 0.25) is 0 Å². The molecule has 4 aromatic rings. The van der Waals surface area contributed by atoms with Gasteiger partial charge in [-0.2, -0.15) is 0 Å². The minimum absolute atomic E-state index is 0.221. The van der Waals surface area contributed by atoms with Crippen LogP contribution >= 0.6 is 0 Å². The zero-order chi connectivity index (χ0) is 26.9. The summed E-state index contributed by atoms with van der Waals surface area (Å²) < 4.78 is 53.9. The summed E-state index contributed by atoms with van der Waals surface area (Å²) >= 11 is 0. The number of aromatic nitrogens is 2. The van der Waals surface area contributed by atoms with Crippen LogP contribution in [0, 0.1) is 5.82 Å². The number of halogens is 1. The van der Waals surface area contributed by atoms with Gasteiger partial charge in [0.05, 0.1) is 36.5 Å². The molecule has 1 heterocycles. The average Bonchev–Trinajstić information content (AvgIpc) is 3.13. The van der Waals surface area contributed by atoms with Crippen LogP contribution in [-0.4, -0.2) is 43.3 Å². The lowest BCUT2D eigenvalue weighted by Crippen LogP contribution is -2.32. The molecule has 37 heavy (non-hydrogen) atoms. The molecule has 3 aromatic carbocycles. The first-order valence-corrected chi connectivity index (χ1v) is 14.1. The van der Waals surface area contributed by atoms with E-state index >= 15 is 0 Å². The van der Waals surface area contributed by atoms with Gasteiger partial charge in [-0.1, -0.05) is 30.3 Å². The van der Waals surface area contributed by atoms with Crippen LogP contribution < -0.4 is 15.2 Å². The van der Waals surface area contributed by atoms with E-state index in [0.29, 0.717) is 45.8 Å². The van der Waals surface area contributed by atoms with Crippen molar-refractivity contribution in [1.82, 2.24) is 9.13 Å². The molecule has 196 valence electrons. The Bertz CT molecular complexity index is 1600. The number of rotatable bonds is 9. The van der Waals surface area contributed by atoms with E-state index in [4.69, 9.17) is 9.47 Å². The van der Waals surface area contributed by atoms with Crippen molar-refractivity contribution in [2.24, 2.45) is 0 Å². The first-order valence-electron chi connectivity index (χ1n) is 12.1. The molecule has 0 amide bonds. The van der Waals surface area contributed by atoms with E-state index in [1.807, 2.05) is 20.8 Å². The van der Waals surface area contributed by atoms with Crippen LogP contribution in [0.25, 0.3) is 22.2 Å². The second-order valence-corrected chi connectivity index (χ2v) is 11.4. The predicted molar refractivity (Wildman–Crippen MR) is 144 cm³/mol. The normalized spacial score (nSPS) is 12.7. The lowest BCUT2D eigenvalue weighted by molar-refractivity contribution is 0.310. The molecular weight excluding hydrogens is 495 g/mol. The second-order valence-electron chi connectivity index (χ2n) is 9.25. The van der Waals surface area contributed by atoms with Gasteiger partial charge < -0.3 is 9.47 Å². The number of nitrogens with zero attached hydrogens (tertiary/aromatic N) is 2. The number of imidazole rings is 1. The van der Waals surface area contributed by atoms with Gasteiger partial charge in [-0.25, -0.2) is 17.6 Å². The van der Waals surface area contributed by atoms with Gasteiger partial charge in [-0.05, 0) is 62.2 Å². The summed E-state index contributed by atoms with van der Waals surface area (Å²) in [5.41, 5.74) is 2.44. The number of ether oxygens (including phenoxy) is 2. The lowest BCUT2D eigenvalue weighted by atomic mass is 10.0. The van der Waals surface area contributed by atoms with Gasteiger partial charge in [-0.3, -0.25) is 9.13 Å². The van der Waals surface area contributed by atoms with E-state index in [1.165, 1.54) is 17.7 Å². The molecule has 9 heteroatoms. The Morgan fingerprint density at radius 2 is 1.68 bits per heavy atom. The lowest BCUT2D eigenvalue weighted by Gasteiger charge is -2.20. The van der Waals surface area contributed by atoms with Crippen molar-refractivity contribution >= 4 is 20.9 Å². The smallest absolute Gasteiger partial charge is 0.329 e. The van der Waals surface area contributed by atoms with Crippen LogP contribution in [-0.2, 0) is 9.84 Å². The molecule has 0 radical (unpaired) electrons. The molecule has 0 bridgehead atoms. The topological polar surface area (TPSA) is 79.5 Å². The van der Waals surface area contributed by atoms with Gasteiger partial charge >= 0.3 is 5.69 Å². The molecule has 0 aliphatic rings. The quantitative estimate of drug-likeness (QED) is 0.298. The van der Waals surface area contributed by atoms with Crippen molar-refractivity contribution in [3.8, 4) is 22.6 Å². The standard InChI is InChI=1S/C28H31FN2O5S/c1-6-36-27-16-20(12-14-26(27)35-4)25(17-37(5,33)34)31-23-13-11-19(21-9-7-8-10-22(21)29)15-24(23)30(18(2)3)28(31)32/h7-16,18,25H,6,17H2,1-5H3. The van der Waals surface area contributed by atoms with Crippen LogP contribution in [0.5, 0.6) is 11.5 Å². The molecule has 0 fully saturated rings. The number of hydrogen-bond donors (Lipinski definition) is 0. The van der Waals surface area contributed by atoms with E-state index in [1.54, 1.807) is 59.2 Å². The molecule has 0 N–H and O–H groups in total. The summed E-state index contributed by atoms with van der Waals surface area (Å²) in [7, 11) is -1.98. The zero-order valence-electron chi connectivity index (χ0n) is 21.6. The Kier molecular flexibility index (Phi) is 7.45. The van der Waals surface area contributed by atoms with Gasteiger partial charge in [0.1, 0.15) is 15.7 Å². The van der Waals surface area contributed by atoms with Gasteiger partial charge in [-0.15, -0.1) is 0 Å². The molecule has 7 nitrogen and oxygen atoms in total. The number of fused-ring (bicyclic) bond motifs is 1. The summed E-state index contributed by atoms with van der Waals surface area (Å²) in [6.45, 7) is 6.00. The SMILES string of the molecule is CCOc1cc(C(CS(C)(=O)=O)n2c(=O)n(C(C)C)c3cc(-c4ccccc4F)ccc32)ccc1OC. The van der Waals surface area contributed by atoms with E-state index < -0.39 is 15.9 Å². The maximum Gasteiger partial charge on any atom is 0.329 e. The second kappa shape index (κ2) is 10.4. The summed E-state index contributed by atoms with van der Waals surface area (Å²) in [5, 5.41) is 0. The third-order valence-corrected chi connectivity index (χ3v) is 7.17. The van der Waals surface area contributed by atoms with Gasteiger partial charge in [0.25, 0.3) is 0 Å². The van der Waals surface area contributed by atoms with E-state index in [0.717, 1.165) is 6.26 Å².